The first kappa shape index (κ1) is 21.2. The summed E-state index contributed by atoms with van der Waals surface area (Å²) in [6.45, 7) is -0.0742. The SMILES string of the molecule is N#CCOc1ccc(NC(=O)c2cccc(S(=O)(=O)Nc3ccccc3Cl)c2)cc1. The Balaban J connectivity index is 1.75. The Morgan fingerprint density at radius 2 is 1.77 bits per heavy atom. The van der Waals surface area contributed by atoms with Crippen LogP contribution in [0.2, 0.25) is 5.02 Å². The molecule has 3 rings (SSSR count). The van der Waals surface area contributed by atoms with E-state index in [-0.39, 0.29) is 27.8 Å². The van der Waals surface area contributed by atoms with E-state index in [0.717, 1.165) is 0 Å². The number of hydrogen-bond donors (Lipinski definition) is 2. The van der Waals surface area contributed by atoms with Crippen LogP contribution in [0.25, 0.3) is 0 Å². The first-order chi connectivity index (χ1) is 14.4. The summed E-state index contributed by atoms with van der Waals surface area (Å²) in [5.74, 6) is 0.0174. The molecular weight excluding hydrogens is 426 g/mol. The van der Waals surface area contributed by atoms with Gasteiger partial charge in [0.15, 0.2) is 6.61 Å². The molecule has 0 bridgehead atoms. The lowest BCUT2D eigenvalue weighted by Gasteiger charge is -2.11. The summed E-state index contributed by atoms with van der Waals surface area (Å²) >= 11 is 6.01. The summed E-state index contributed by atoms with van der Waals surface area (Å²) in [7, 11) is -3.94. The second-order valence-electron chi connectivity index (χ2n) is 6.04. The Morgan fingerprint density at radius 3 is 2.47 bits per heavy atom. The molecule has 0 unspecified atom stereocenters. The van der Waals surface area contributed by atoms with Crippen molar-refractivity contribution in [3.05, 3.63) is 83.4 Å². The largest absolute Gasteiger partial charge is 0.479 e. The van der Waals surface area contributed by atoms with Gasteiger partial charge in [-0.15, -0.1) is 0 Å². The number of nitrogens with one attached hydrogen (secondary N) is 2. The molecule has 7 nitrogen and oxygen atoms in total. The molecule has 3 aromatic rings. The lowest BCUT2D eigenvalue weighted by Crippen LogP contribution is -2.16. The molecule has 0 heterocycles. The third-order valence-corrected chi connectivity index (χ3v) is 5.63. The fourth-order valence-electron chi connectivity index (χ4n) is 2.51. The molecule has 2 N–H and O–H groups in total. The van der Waals surface area contributed by atoms with Gasteiger partial charge in [-0.1, -0.05) is 29.8 Å². The molecule has 3 aromatic carbocycles. The van der Waals surface area contributed by atoms with Crippen molar-refractivity contribution in [2.24, 2.45) is 0 Å². The lowest BCUT2D eigenvalue weighted by atomic mass is 10.2. The van der Waals surface area contributed by atoms with Crippen LogP contribution in [0.5, 0.6) is 5.75 Å². The number of ether oxygens (including phenoxy) is 1. The molecule has 0 saturated heterocycles. The molecule has 0 atom stereocenters. The van der Waals surface area contributed by atoms with Gasteiger partial charge in [-0.25, -0.2) is 8.42 Å². The second-order valence-corrected chi connectivity index (χ2v) is 8.13. The van der Waals surface area contributed by atoms with Crippen LogP contribution < -0.4 is 14.8 Å². The highest BCUT2D eigenvalue weighted by atomic mass is 35.5. The number of hydrogen-bond acceptors (Lipinski definition) is 5. The highest BCUT2D eigenvalue weighted by molar-refractivity contribution is 7.92. The molecule has 30 heavy (non-hydrogen) atoms. The van der Waals surface area contributed by atoms with E-state index < -0.39 is 15.9 Å². The monoisotopic (exact) mass is 441 g/mol. The van der Waals surface area contributed by atoms with Crippen LogP contribution in [0, 0.1) is 11.3 Å². The van der Waals surface area contributed by atoms with Gasteiger partial charge in [0.05, 0.1) is 15.6 Å². The van der Waals surface area contributed by atoms with Gasteiger partial charge in [-0.2, -0.15) is 5.26 Å². The smallest absolute Gasteiger partial charge is 0.261 e. The standard InChI is InChI=1S/C21H16ClN3O4S/c22-19-6-1-2-7-20(19)25-30(27,28)18-5-3-4-15(14-18)21(26)24-16-8-10-17(11-9-16)29-13-12-23/h1-11,14,25H,13H2,(H,24,26). The molecule has 0 aliphatic heterocycles. The number of carbonyl (C=O) groups excluding carboxylic acids is 1. The summed E-state index contributed by atoms with van der Waals surface area (Å²) in [5.41, 5.74) is 0.904. The van der Waals surface area contributed by atoms with Gasteiger partial charge in [-0.3, -0.25) is 9.52 Å². The van der Waals surface area contributed by atoms with E-state index in [4.69, 9.17) is 21.6 Å². The zero-order valence-corrected chi connectivity index (χ0v) is 17.1. The van der Waals surface area contributed by atoms with Crippen LogP contribution >= 0.6 is 11.6 Å². The lowest BCUT2D eigenvalue weighted by molar-refractivity contribution is 0.102. The van der Waals surface area contributed by atoms with Gasteiger partial charge in [-0.05, 0) is 54.6 Å². The number of para-hydroxylation sites is 1. The van der Waals surface area contributed by atoms with Gasteiger partial charge in [0.2, 0.25) is 0 Å². The van der Waals surface area contributed by atoms with E-state index in [1.54, 1.807) is 48.5 Å². The van der Waals surface area contributed by atoms with Crippen LogP contribution in [0.1, 0.15) is 10.4 Å². The van der Waals surface area contributed by atoms with Gasteiger partial charge in [0.25, 0.3) is 15.9 Å². The molecule has 152 valence electrons. The third kappa shape index (κ3) is 5.29. The van der Waals surface area contributed by atoms with Crippen molar-refractivity contribution in [3.63, 3.8) is 0 Å². The fraction of sp³-hybridized carbons (Fsp3) is 0.0476. The number of halogens is 1. The Hall–Kier alpha value is -3.54. The van der Waals surface area contributed by atoms with Crippen LogP contribution in [-0.4, -0.2) is 20.9 Å². The van der Waals surface area contributed by atoms with E-state index in [2.05, 4.69) is 10.0 Å². The first-order valence-electron chi connectivity index (χ1n) is 8.67. The number of amides is 1. The van der Waals surface area contributed by atoms with Crippen molar-refractivity contribution in [1.82, 2.24) is 0 Å². The van der Waals surface area contributed by atoms with E-state index in [1.807, 2.05) is 6.07 Å². The number of rotatable bonds is 7. The molecule has 0 aliphatic carbocycles. The maximum atomic E-state index is 12.7. The van der Waals surface area contributed by atoms with E-state index in [1.165, 1.54) is 24.3 Å². The van der Waals surface area contributed by atoms with Crippen LogP contribution in [0.15, 0.2) is 77.7 Å². The van der Waals surface area contributed by atoms with Crippen LogP contribution in [-0.2, 0) is 10.0 Å². The minimum atomic E-state index is -3.94. The van der Waals surface area contributed by atoms with E-state index in [0.29, 0.717) is 11.4 Å². The van der Waals surface area contributed by atoms with Gasteiger partial charge in [0, 0.05) is 11.3 Å². The second kappa shape index (κ2) is 9.31. The Bertz CT molecular complexity index is 1210. The van der Waals surface area contributed by atoms with E-state index >= 15 is 0 Å². The predicted molar refractivity (Wildman–Crippen MR) is 114 cm³/mol. The third-order valence-electron chi connectivity index (χ3n) is 3.94. The number of nitriles is 1. The van der Waals surface area contributed by atoms with Crippen molar-refractivity contribution >= 4 is 38.9 Å². The molecule has 9 heteroatoms. The van der Waals surface area contributed by atoms with Crippen molar-refractivity contribution in [2.75, 3.05) is 16.6 Å². The van der Waals surface area contributed by atoms with Gasteiger partial charge >= 0.3 is 0 Å². The highest BCUT2D eigenvalue weighted by Crippen LogP contribution is 2.24. The summed E-state index contributed by atoms with van der Waals surface area (Å²) in [4.78, 5) is 12.5. The molecule has 1 amide bonds. The van der Waals surface area contributed by atoms with Crippen molar-refractivity contribution in [1.29, 1.82) is 5.26 Å². The van der Waals surface area contributed by atoms with Crippen molar-refractivity contribution < 1.29 is 17.9 Å². The minimum Gasteiger partial charge on any atom is -0.479 e. The summed E-state index contributed by atoms with van der Waals surface area (Å²) in [5, 5.41) is 11.5. The highest BCUT2D eigenvalue weighted by Gasteiger charge is 2.18. The van der Waals surface area contributed by atoms with Crippen LogP contribution in [0.3, 0.4) is 0 Å². The molecular formula is C21H16ClN3O4S. The van der Waals surface area contributed by atoms with Crippen molar-refractivity contribution in [2.45, 2.75) is 4.90 Å². The van der Waals surface area contributed by atoms with Crippen LogP contribution in [0.4, 0.5) is 11.4 Å². The quantitative estimate of drug-likeness (QED) is 0.568. The summed E-state index contributed by atoms with van der Waals surface area (Å²) in [6, 6.07) is 20.4. The maximum absolute atomic E-state index is 12.7. The number of nitrogens with zero attached hydrogens (tertiary/aromatic N) is 1. The Morgan fingerprint density at radius 1 is 1.03 bits per heavy atom. The van der Waals surface area contributed by atoms with E-state index in [9.17, 15) is 13.2 Å². The summed E-state index contributed by atoms with van der Waals surface area (Å²) < 4.78 is 32.9. The average molecular weight is 442 g/mol. The molecule has 0 aliphatic rings. The Labute approximate surface area is 178 Å². The fourth-order valence-corrected chi connectivity index (χ4v) is 3.87. The normalized spacial score (nSPS) is 10.7. The molecule has 0 aromatic heterocycles. The minimum absolute atomic E-state index is 0.0738. The summed E-state index contributed by atoms with van der Waals surface area (Å²) in [6.07, 6.45) is 0. The predicted octanol–water partition coefficient (Wildman–Crippen LogP) is 4.30. The molecule has 0 spiro atoms. The zero-order valence-electron chi connectivity index (χ0n) is 15.5. The topological polar surface area (TPSA) is 108 Å². The molecule has 0 radical (unpaired) electrons. The number of sulfonamides is 1. The molecule has 0 saturated carbocycles. The van der Waals surface area contributed by atoms with Gasteiger partial charge < -0.3 is 10.1 Å². The first-order valence-corrected chi connectivity index (χ1v) is 10.5. The van der Waals surface area contributed by atoms with Gasteiger partial charge in [0.1, 0.15) is 11.8 Å². The maximum Gasteiger partial charge on any atom is 0.261 e. The number of benzene rings is 3. The average Bonchev–Trinajstić information content (AvgIpc) is 2.75. The number of carbonyl (C=O) groups is 1. The Kier molecular flexibility index (Phi) is 6.57. The van der Waals surface area contributed by atoms with Crippen molar-refractivity contribution in [3.8, 4) is 11.8 Å². The molecule has 0 fully saturated rings. The zero-order chi connectivity index (χ0) is 21.6. The number of anilines is 2.